The van der Waals surface area contributed by atoms with E-state index in [0.717, 1.165) is 21.9 Å². The van der Waals surface area contributed by atoms with Crippen LogP contribution in [0.4, 0.5) is 4.79 Å². The van der Waals surface area contributed by atoms with Crippen LogP contribution >= 0.6 is 0 Å². The molecule has 3 aromatic rings. The molecule has 2 N–H and O–H groups in total. The van der Waals surface area contributed by atoms with Crippen molar-refractivity contribution in [1.29, 1.82) is 0 Å². The van der Waals surface area contributed by atoms with Gasteiger partial charge in [0.15, 0.2) is 0 Å². The molecule has 32 heavy (non-hydrogen) atoms. The van der Waals surface area contributed by atoms with E-state index in [1.165, 1.54) is 13.8 Å². The van der Waals surface area contributed by atoms with Gasteiger partial charge >= 0.3 is 18.0 Å². The number of benzene rings is 3. The van der Waals surface area contributed by atoms with Gasteiger partial charge in [0.1, 0.15) is 12.1 Å². The fraction of sp³-hybridized carbons (Fsp3) is 0.240. The minimum absolute atomic E-state index is 0.00302. The Morgan fingerprint density at radius 3 is 2.31 bits per heavy atom. The van der Waals surface area contributed by atoms with Gasteiger partial charge in [-0.05, 0) is 35.7 Å². The molecule has 7 heteroatoms. The van der Waals surface area contributed by atoms with Crippen molar-refractivity contribution in [2.24, 2.45) is 0 Å². The first-order valence-electron chi connectivity index (χ1n) is 10.2. The third-order valence-electron chi connectivity index (χ3n) is 4.95. The minimum atomic E-state index is -1.49. The van der Waals surface area contributed by atoms with Crippen LogP contribution in [0.1, 0.15) is 25.0 Å². The molecule has 7 nitrogen and oxygen atoms in total. The monoisotopic (exact) mass is 435 g/mol. The fourth-order valence-corrected chi connectivity index (χ4v) is 3.19. The van der Waals surface area contributed by atoms with Crippen LogP contribution in [-0.2, 0) is 32.1 Å². The molecule has 0 heterocycles. The Hall–Kier alpha value is -3.87. The molecule has 0 saturated carbocycles. The number of hydrogen-bond donors (Lipinski definition) is 2. The van der Waals surface area contributed by atoms with Gasteiger partial charge in [-0.3, -0.25) is 0 Å². The Morgan fingerprint density at radius 2 is 1.59 bits per heavy atom. The summed E-state index contributed by atoms with van der Waals surface area (Å²) in [6, 6.07) is 22.2. The third-order valence-corrected chi connectivity index (χ3v) is 4.95. The first-order valence-corrected chi connectivity index (χ1v) is 10.2. The zero-order chi connectivity index (χ0) is 23.1. The summed E-state index contributed by atoms with van der Waals surface area (Å²) >= 11 is 0. The van der Waals surface area contributed by atoms with E-state index >= 15 is 0 Å². The maximum atomic E-state index is 12.7. The number of hydrogen-bond acceptors (Lipinski definition) is 5. The van der Waals surface area contributed by atoms with Gasteiger partial charge in [-0.25, -0.2) is 14.4 Å². The number of amides is 1. The maximum Gasteiger partial charge on any atom is 0.408 e. The van der Waals surface area contributed by atoms with Crippen molar-refractivity contribution in [1.82, 2.24) is 5.32 Å². The van der Waals surface area contributed by atoms with Crippen LogP contribution in [0.25, 0.3) is 10.8 Å². The Labute approximate surface area is 186 Å². The van der Waals surface area contributed by atoms with E-state index in [4.69, 9.17) is 9.47 Å². The molecule has 0 aliphatic carbocycles. The summed E-state index contributed by atoms with van der Waals surface area (Å²) in [5.41, 5.74) is 0.0561. The molecule has 0 radical (unpaired) electrons. The van der Waals surface area contributed by atoms with Crippen molar-refractivity contribution >= 4 is 28.8 Å². The molecule has 0 aliphatic heterocycles. The first-order chi connectivity index (χ1) is 15.3. The number of ether oxygens (including phenoxy) is 2. The molecule has 0 fully saturated rings. The van der Waals surface area contributed by atoms with E-state index in [9.17, 15) is 19.5 Å². The molecule has 3 aromatic carbocycles. The summed E-state index contributed by atoms with van der Waals surface area (Å²) in [6.45, 7) is 2.89. The van der Waals surface area contributed by atoms with E-state index in [1.54, 1.807) is 18.2 Å². The number of rotatable bonds is 8. The molecule has 0 spiro atoms. The summed E-state index contributed by atoms with van der Waals surface area (Å²) in [4.78, 5) is 36.6. The summed E-state index contributed by atoms with van der Waals surface area (Å²) in [6.07, 6.45) is -2.22. The quantitative estimate of drug-likeness (QED) is 0.517. The number of alkyl carbamates (subject to hydrolysis) is 1. The Morgan fingerprint density at radius 1 is 0.938 bits per heavy atom. The van der Waals surface area contributed by atoms with Crippen LogP contribution < -0.4 is 5.32 Å². The van der Waals surface area contributed by atoms with Crippen LogP contribution in [0.3, 0.4) is 0 Å². The summed E-state index contributed by atoms with van der Waals surface area (Å²) in [7, 11) is 0. The number of carboxylic acids is 1. The van der Waals surface area contributed by atoms with Gasteiger partial charge in [0.25, 0.3) is 0 Å². The molecule has 1 amide bonds. The highest BCUT2D eigenvalue weighted by atomic mass is 16.6. The van der Waals surface area contributed by atoms with Gasteiger partial charge in [-0.2, -0.15) is 0 Å². The van der Waals surface area contributed by atoms with Crippen molar-refractivity contribution < 1.29 is 29.0 Å². The van der Waals surface area contributed by atoms with E-state index in [-0.39, 0.29) is 13.0 Å². The summed E-state index contributed by atoms with van der Waals surface area (Å²) < 4.78 is 10.4. The number of esters is 1. The van der Waals surface area contributed by atoms with Crippen LogP contribution in [0.15, 0.2) is 72.8 Å². The molecule has 166 valence electrons. The van der Waals surface area contributed by atoms with E-state index in [2.05, 4.69) is 5.32 Å². The van der Waals surface area contributed by atoms with Crippen molar-refractivity contribution in [2.75, 3.05) is 0 Å². The van der Waals surface area contributed by atoms with Crippen molar-refractivity contribution in [2.45, 2.75) is 38.5 Å². The Bertz CT molecular complexity index is 1100. The van der Waals surface area contributed by atoms with Crippen LogP contribution in [0.5, 0.6) is 0 Å². The molecule has 3 rings (SSSR count). The molecule has 0 aromatic heterocycles. The van der Waals surface area contributed by atoms with E-state index in [0.29, 0.717) is 0 Å². The van der Waals surface area contributed by atoms with Gasteiger partial charge < -0.3 is 19.9 Å². The molecular formula is C25H25NO6. The van der Waals surface area contributed by atoms with Crippen molar-refractivity contribution in [3.63, 3.8) is 0 Å². The van der Waals surface area contributed by atoms with Crippen LogP contribution in [0.2, 0.25) is 0 Å². The number of carboxylic acid groups (broad SMARTS) is 1. The number of carbonyl (C=O) groups excluding carboxylic acids is 2. The number of nitrogens with one attached hydrogen (secondary N) is 1. The van der Waals surface area contributed by atoms with Crippen LogP contribution in [0, 0.1) is 0 Å². The molecule has 0 aliphatic rings. The smallest absolute Gasteiger partial charge is 0.408 e. The Balaban J connectivity index is 1.64. The average Bonchev–Trinajstić information content (AvgIpc) is 2.77. The van der Waals surface area contributed by atoms with Crippen molar-refractivity contribution in [3.05, 3.63) is 83.9 Å². The SMILES string of the molecule is CC(C)(NC(=O)OCc1ccccc1)C(=O)O[C@H](Cc1cccc2ccccc12)C(=O)O. The molecule has 1 atom stereocenters. The average molecular weight is 435 g/mol. The van der Waals surface area contributed by atoms with Gasteiger partial charge in [0.05, 0.1) is 0 Å². The lowest BCUT2D eigenvalue weighted by Gasteiger charge is -2.26. The lowest BCUT2D eigenvalue weighted by atomic mass is 9.99. The second-order valence-corrected chi connectivity index (χ2v) is 7.89. The van der Waals surface area contributed by atoms with Gasteiger partial charge in [0.2, 0.25) is 6.10 Å². The van der Waals surface area contributed by atoms with Crippen LogP contribution in [-0.4, -0.2) is 34.8 Å². The summed E-state index contributed by atoms with van der Waals surface area (Å²) in [5.74, 6) is -2.14. The van der Waals surface area contributed by atoms with E-state index < -0.39 is 29.7 Å². The number of aliphatic carboxylic acids is 1. The lowest BCUT2D eigenvalue weighted by Crippen LogP contribution is -2.52. The summed E-state index contributed by atoms with van der Waals surface area (Å²) in [5, 5.41) is 13.9. The van der Waals surface area contributed by atoms with E-state index in [1.807, 2.05) is 54.6 Å². The largest absolute Gasteiger partial charge is 0.478 e. The Kier molecular flexibility index (Phi) is 7.10. The predicted molar refractivity (Wildman–Crippen MR) is 119 cm³/mol. The van der Waals surface area contributed by atoms with Gasteiger partial charge in [-0.15, -0.1) is 0 Å². The highest BCUT2D eigenvalue weighted by Crippen LogP contribution is 2.21. The molecular weight excluding hydrogens is 410 g/mol. The zero-order valence-electron chi connectivity index (χ0n) is 17.9. The maximum absolute atomic E-state index is 12.7. The first kappa shape index (κ1) is 22.8. The lowest BCUT2D eigenvalue weighted by molar-refractivity contribution is -0.167. The topological polar surface area (TPSA) is 102 Å². The highest BCUT2D eigenvalue weighted by Gasteiger charge is 2.35. The normalized spacial score (nSPS) is 12.1. The fourth-order valence-electron chi connectivity index (χ4n) is 3.19. The molecule has 0 bridgehead atoms. The third kappa shape index (κ3) is 5.85. The number of fused-ring (bicyclic) bond motifs is 1. The molecule has 0 saturated heterocycles. The zero-order valence-corrected chi connectivity index (χ0v) is 17.9. The highest BCUT2D eigenvalue weighted by molar-refractivity contribution is 5.88. The van der Waals surface area contributed by atoms with Crippen molar-refractivity contribution in [3.8, 4) is 0 Å². The molecule has 0 unspecified atom stereocenters. The minimum Gasteiger partial charge on any atom is -0.478 e. The second-order valence-electron chi connectivity index (χ2n) is 7.89. The number of carbonyl (C=O) groups is 3. The standard InChI is InChI=1S/C25H25NO6/c1-25(2,26-24(30)31-16-17-9-4-3-5-10-17)23(29)32-21(22(27)28)15-19-13-8-12-18-11-6-7-14-20(18)19/h3-14,21H,15-16H2,1-2H3,(H,26,30)(H,27,28)/t21-/m1/s1. The predicted octanol–water partition coefficient (Wildman–Crippen LogP) is 4.08. The van der Waals surface area contributed by atoms with Gasteiger partial charge in [0, 0.05) is 6.42 Å². The second kappa shape index (κ2) is 9.96. The van der Waals surface area contributed by atoms with Gasteiger partial charge in [-0.1, -0.05) is 72.8 Å².